The molecule has 3 aromatic rings. The van der Waals surface area contributed by atoms with E-state index in [0.29, 0.717) is 12.4 Å². The maximum Gasteiger partial charge on any atom is 0.453 e. The van der Waals surface area contributed by atoms with Gasteiger partial charge in [-0.2, -0.15) is 17.9 Å². The van der Waals surface area contributed by atoms with E-state index in [4.69, 9.17) is 5.73 Å². The number of benzene rings is 1. The summed E-state index contributed by atoms with van der Waals surface area (Å²) in [7, 11) is 0. The molecule has 1 aliphatic heterocycles. The van der Waals surface area contributed by atoms with Gasteiger partial charge in [0.25, 0.3) is 11.8 Å². The summed E-state index contributed by atoms with van der Waals surface area (Å²) in [5.74, 6) is -1.62. The van der Waals surface area contributed by atoms with Crippen LogP contribution in [0.5, 0.6) is 0 Å². The molecule has 0 spiro atoms. The molecule has 1 aromatic carbocycles. The summed E-state index contributed by atoms with van der Waals surface area (Å²) in [4.78, 5) is 3.52. The van der Waals surface area contributed by atoms with Crippen LogP contribution in [0.3, 0.4) is 0 Å². The number of aromatic nitrogens is 6. The van der Waals surface area contributed by atoms with E-state index in [1.165, 1.54) is 6.92 Å². The summed E-state index contributed by atoms with van der Waals surface area (Å²) in [6, 6.07) is 1.63. The second-order valence-electron chi connectivity index (χ2n) is 6.94. The Morgan fingerprint density at radius 3 is 2.62 bits per heavy atom. The highest BCUT2D eigenvalue weighted by Gasteiger charge is 2.38. The lowest BCUT2D eigenvalue weighted by molar-refractivity contribution is -0.144. The molecule has 0 unspecified atom stereocenters. The Kier molecular flexibility index (Phi) is 4.60. The Bertz CT molecular complexity index is 1070. The van der Waals surface area contributed by atoms with Crippen molar-refractivity contribution in [3.63, 3.8) is 0 Å². The normalized spacial score (nSPS) is 14.6. The number of hydrogen-bond acceptors (Lipinski definition) is 5. The third-order valence-corrected chi connectivity index (χ3v) is 4.74. The van der Waals surface area contributed by atoms with Crippen LogP contribution in [0.15, 0.2) is 12.1 Å². The average molecular weight is 413 g/mol. The second kappa shape index (κ2) is 6.87. The molecule has 1 aliphatic rings. The molecular weight excluding hydrogens is 397 g/mol. The zero-order valence-corrected chi connectivity index (χ0v) is 15.2. The highest BCUT2D eigenvalue weighted by molar-refractivity contribution is 5.26. The minimum absolute atomic E-state index is 0.0675. The number of rotatable bonds is 4. The predicted octanol–water partition coefficient (Wildman–Crippen LogP) is 2.13. The molecule has 0 bridgehead atoms. The number of aryl methyl sites for hydroxylation is 2. The molecule has 2 aromatic heterocycles. The molecule has 12 heteroatoms. The Balaban J connectivity index is 1.55. The van der Waals surface area contributed by atoms with E-state index in [0.717, 1.165) is 16.8 Å². The molecular formula is C17H16F5N7. The lowest BCUT2D eigenvalue weighted by Gasteiger charge is -2.17. The van der Waals surface area contributed by atoms with Crippen molar-refractivity contribution in [3.05, 3.63) is 52.4 Å². The fourth-order valence-corrected chi connectivity index (χ4v) is 3.29. The van der Waals surface area contributed by atoms with E-state index in [2.05, 4.69) is 20.3 Å². The molecule has 4 rings (SSSR count). The molecule has 0 radical (unpaired) electrons. The summed E-state index contributed by atoms with van der Waals surface area (Å²) in [5, 5.41) is 11.4. The number of nitrogens with two attached hydrogens (primary N) is 1. The van der Waals surface area contributed by atoms with Crippen molar-refractivity contribution in [2.24, 2.45) is 5.73 Å². The SMILES string of the molecule is Cc1cc(F)c(C[C@@H](N)Cc2nnc3n2CCc2nc(C(F)(F)F)nn2-3)cc1F. The molecule has 0 saturated carbocycles. The van der Waals surface area contributed by atoms with Gasteiger partial charge in [-0.05, 0) is 36.6 Å². The molecule has 2 N–H and O–H groups in total. The van der Waals surface area contributed by atoms with Gasteiger partial charge in [0, 0.05) is 25.4 Å². The summed E-state index contributed by atoms with van der Waals surface area (Å²) < 4.78 is 69.0. The van der Waals surface area contributed by atoms with Gasteiger partial charge in [0.15, 0.2) is 0 Å². The van der Waals surface area contributed by atoms with Crippen LogP contribution in [0.2, 0.25) is 0 Å². The van der Waals surface area contributed by atoms with Gasteiger partial charge in [-0.25, -0.2) is 13.8 Å². The van der Waals surface area contributed by atoms with Gasteiger partial charge < -0.3 is 5.73 Å². The van der Waals surface area contributed by atoms with Gasteiger partial charge in [-0.15, -0.1) is 15.3 Å². The van der Waals surface area contributed by atoms with Gasteiger partial charge in [0.05, 0.1) is 0 Å². The standard InChI is InChI=1S/C17H16F5N7/c1-8-4-12(19)9(6-11(8)18)5-10(23)7-14-25-26-16-28(14)3-2-13-24-15(17(20,21)22)27-29(13)16/h4,6,10H,2-3,5,7,23H2,1H3/t10-/m1/s1. The Labute approximate surface area is 161 Å². The minimum Gasteiger partial charge on any atom is -0.327 e. The van der Waals surface area contributed by atoms with Gasteiger partial charge >= 0.3 is 6.18 Å². The van der Waals surface area contributed by atoms with E-state index < -0.39 is 29.7 Å². The van der Waals surface area contributed by atoms with Gasteiger partial charge in [0.1, 0.15) is 23.3 Å². The van der Waals surface area contributed by atoms with Crippen molar-refractivity contribution in [3.8, 4) is 5.95 Å². The topological polar surface area (TPSA) is 87.4 Å². The number of fused-ring (bicyclic) bond motifs is 3. The van der Waals surface area contributed by atoms with E-state index in [-0.39, 0.29) is 42.2 Å². The third kappa shape index (κ3) is 3.59. The fourth-order valence-electron chi connectivity index (χ4n) is 3.29. The van der Waals surface area contributed by atoms with Crippen LogP contribution in [0, 0.1) is 18.6 Å². The third-order valence-electron chi connectivity index (χ3n) is 4.74. The first-order chi connectivity index (χ1) is 13.6. The Morgan fingerprint density at radius 1 is 1.14 bits per heavy atom. The number of alkyl halides is 3. The Hall–Kier alpha value is -2.89. The molecule has 0 amide bonds. The largest absolute Gasteiger partial charge is 0.453 e. The van der Waals surface area contributed by atoms with Crippen LogP contribution in [-0.2, 0) is 32.0 Å². The van der Waals surface area contributed by atoms with Crippen LogP contribution in [-0.4, -0.2) is 35.6 Å². The fraction of sp³-hybridized carbons (Fsp3) is 0.412. The average Bonchev–Trinajstić information content (AvgIpc) is 3.23. The van der Waals surface area contributed by atoms with E-state index in [1.807, 2.05) is 0 Å². The van der Waals surface area contributed by atoms with Crippen molar-refractivity contribution in [2.75, 3.05) is 0 Å². The van der Waals surface area contributed by atoms with Crippen LogP contribution in [0.1, 0.15) is 28.6 Å². The lowest BCUT2D eigenvalue weighted by Crippen LogP contribution is -2.29. The van der Waals surface area contributed by atoms with Gasteiger partial charge in [-0.3, -0.25) is 4.57 Å². The van der Waals surface area contributed by atoms with E-state index in [1.54, 1.807) is 4.57 Å². The van der Waals surface area contributed by atoms with E-state index in [9.17, 15) is 22.0 Å². The highest BCUT2D eigenvalue weighted by Crippen LogP contribution is 2.28. The van der Waals surface area contributed by atoms with Crippen LogP contribution >= 0.6 is 0 Å². The number of hydrogen-bond donors (Lipinski definition) is 1. The molecule has 0 fully saturated rings. The van der Waals surface area contributed by atoms with E-state index >= 15 is 0 Å². The van der Waals surface area contributed by atoms with Crippen LogP contribution in [0.25, 0.3) is 5.95 Å². The molecule has 3 heterocycles. The second-order valence-corrected chi connectivity index (χ2v) is 6.94. The Morgan fingerprint density at radius 2 is 1.90 bits per heavy atom. The quantitative estimate of drug-likeness (QED) is 0.663. The maximum absolute atomic E-state index is 14.0. The number of halogens is 5. The highest BCUT2D eigenvalue weighted by atomic mass is 19.4. The van der Waals surface area contributed by atoms with Crippen molar-refractivity contribution in [1.82, 2.24) is 29.5 Å². The van der Waals surface area contributed by atoms with Crippen LogP contribution < -0.4 is 5.73 Å². The van der Waals surface area contributed by atoms with Crippen molar-refractivity contribution in [1.29, 1.82) is 0 Å². The minimum atomic E-state index is -4.66. The first-order valence-corrected chi connectivity index (χ1v) is 8.79. The summed E-state index contributed by atoms with van der Waals surface area (Å²) in [5.41, 5.74) is 6.44. The smallest absolute Gasteiger partial charge is 0.327 e. The maximum atomic E-state index is 14.0. The molecule has 29 heavy (non-hydrogen) atoms. The molecule has 154 valence electrons. The molecule has 7 nitrogen and oxygen atoms in total. The predicted molar refractivity (Wildman–Crippen MR) is 90.1 cm³/mol. The van der Waals surface area contributed by atoms with Crippen molar-refractivity contribution >= 4 is 0 Å². The summed E-state index contributed by atoms with van der Waals surface area (Å²) in [6.45, 7) is 1.78. The molecule has 0 aliphatic carbocycles. The van der Waals surface area contributed by atoms with Gasteiger partial charge in [0.2, 0.25) is 0 Å². The monoisotopic (exact) mass is 413 g/mol. The first-order valence-electron chi connectivity index (χ1n) is 8.79. The zero-order chi connectivity index (χ0) is 20.9. The summed E-state index contributed by atoms with van der Waals surface area (Å²) in [6.07, 6.45) is -4.20. The van der Waals surface area contributed by atoms with Gasteiger partial charge in [-0.1, -0.05) is 0 Å². The molecule has 1 atom stereocenters. The van der Waals surface area contributed by atoms with Crippen molar-refractivity contribution < 1.29 is 22.0 Å². The lowest BCUT2D eigenvalue weighted by atomic mass is 10.0. The zero-order valence-electron chi connectivity index (χ0n) is 15.2. The van der Waals surface area contributed by atoms with Crippen molar-refractivity contribution in [2.45, 2.75) is 44.9 Å². The summed E-state index contributed by atoms with van der Waals surface area (Å²) >= 11 is 0. The molecule has 0 saturated heterocycles. The van der Waals surface area contributed by atoms with Crippen LogP contribution in [0.4, 0.5) is 22.0 Å². The number of nitrogens with zero attached hydrogens (tertiary/aromatic N) is 6. The first kappa shape index (κ1) is 19.4.